The molecule has 0 unspecified atom stereocenters. The van der Waals surface area contributed by atoms with Gasteiger partial charge in [-0.3, -0.25) is 0 Å². The van der Waals surface area contributed by atoms with Gasteiger partial charge in [-0.05, 0) is 49.1 Å². The van der Waals surface area contributed by atoms with Gasteiger partial charge in [0.25, 0.3) is 0 Å². The van der Waals surface area contributed by atoms with Crippen molar-refractivity contribution in [3.63, 3.8) is 0 Å². The quantitative estimate of drug-likeness (QED) is 0.407. The fraction of sp³-hybridized carbons (Fsp3) is 0.320. The van der Waals surface area contributed by atoms with Crippen LogP contribution < -0.4 is 20.7 Å². The first-order valence-corrected chi connectivity index (χ1v) is 13.8. The highest BCUT2D eigenvalue weighted by Crippen LogP contribution is 2.51. The molecule has 0 amide bonds. The second kappa shape index (κ2) is 9.01. The van der Waals surface area contributed by atoms with Crippen LogP contribution in [0.15, 0.2) is 48.4 Å². The number of aromatic amines is 1. The summed E-state index contributed by atoms with van der Waals surface area (Å²) >= 11 is 0. The van der Waals surface area contributed by atoms with Crippen LogP contribution in [0.2, 0.25) is 0 Å². The number of hydrogen-bond donors (Lipinski definition) is 3. The summed E-state index contributed by atoms with van der Waals surface area (Å²) in [7, 11) is -1.24. The Labute approximate surface area is 208 Å². The van der Waals surface area contributed by atoms with Gasteiger partial charge >= 0.3 is 0 Å². The van der Waals surface area contributed by atoms with E-state index in [0.29, 0.717) is 64.4 Å². The molecule has 2 aromatic heterocycles. The number of nitriles is 1. The Morgan fingerprint density at radius 1 is 1.25 bits per heavy atom. The summed E-state index contributed by atoms with van der Waals surface area (Å²) in [4.78, 5) is 14.4. The van der Waals surface area contributed by atoms with Gasteiger partial charge in [0.05, 0.1) is 36.4 Å². The SMILES string of the molecule is COc1cc(P2(=O)C=CN(C3CC3)C=C2)ccc1Nc1nc(N[C@H]2CCOC2)c2c(C#N)c[nH]c2n1. The van der Waals surface area contributed by atoms with Crippen LogP contribution in [0.3, 0.4) is 0 Å². The van der Waals surface area contributed by atoms with E-state index in [1.807, 2.05) is 24.5 Å². The van der Waals surface area contributed by atoms with E-state index in [2.05, 4.69) is 36.6 Å². The van der Waals surface area contributed by atoms with Gasteiger partial charge in [0.1, 0.15) is 23.3 Å². The summed E-state index contributed by atoms with van der Waals surface area (Å²) in [5.41, 5.74) is 1.65. The smallest absolute Gasteiger partial charge is 0.231 e. The summed E-state index contributed by atoms with van der Waals surface area (Å²) in [6.07, 6.45) is 8.69. The molecule has 2 fully saturated rings. The Hall–Kier alpha value is -3.80. The van der Waals surface area contributed by atoms with Gasteiger partial charge in [0, 0.05) is 36.6 Å². The fourth-order valence-electron chi connectivity index (χ4n) is 4.48. The normalized spacial score (nSPS) is 20.4. The van der Waals surface area contributed by atoms with E-state index in [0.717, 1.165) is 6.42 Å². The molecule has 0 spiro atoms. The molecule has 10 nitrogen and oxygen atoms in total. The van der Waals surface area contributed by atoms with E-state index >= 15 is 0 Å². The molecular weight excluding hydrogens is 477 g/mol. The minimum atomic E-state index is -2.82. The minimum absolute atomic E-state index is 0.107. The van der Waals surface area contributed by atoms with Gasteiger partial charge in [-0.2, -0.15) is 15.2 Å². The van der Waals surface area contributed by atoms with Crippen molar-refractivity contribution in [3.05, 3.63) is 54.0 Å². The molecule has 1 saturated heterocycles. The second-order valence-corrected chi connectivity index (χ2v) is 11.7. The van der Waals surface area contributed by atoms with Crippen LogP contribution in [0.4, 0.5) is 17.5 Å². The molecule has 1 aromatic carbocycles. The standard InChI is InChI=1S/C25H26N7O3P/c1-34-21-12-19(36(33)10-7-32(8-11-36)18-2-3-18)4-5-20(21)29-25-30-23-22(16(13-26)14-27-23)24(31-25)28-17-6-9-35-15-17/h4-5,7-8,10-12,14,17-18H,2-3,6,9,15H2,1H3,(H3,27,28,29,30,31)/t17-/m0/s1. The number of anilines is 3. The Morgan fingerprint density at radius 3 is 2.78 bits per heavy atom. The van der Waals surface area contributed by atoms with Crippen LogP contribution in [0.5, 0.6) is 5.75 Å². The first-order valence-electron chi connectivity index (χ1n) is 11.9. The summed E-state index contributed by atoms with van der Waals surface area (Å²) < 4.78 is 24.7. The molecule has 3 aromatic rings. The third kappa shape index (κ3) is 4.21. The largest absolute Gasteiger partial charge is 0.495 e. The maximum Gasteiger partial charge on any atom is 0.231 e. The highest BCUT2D eigenvalue weighted by atomic mass is 31.2. The number of nitrogens with zero attached hydrogens (tertiary/aromatic N) is 4. The summed E-state index contributed by atoms with van der Waals surface area (Å²) in [6, 6.07) is 8.29. The molecule has 3 aliphatic rings. The number of benzene rings is 1. The monoisotopic (exact) mass is 503 g/mol. The van der Waals surface area contributed by atoms with Crippen molar-refractivity contribution in [1.29, 1.82) is 5.26 Å². The van der Waals surface area contributed by atoms with Crippen LogP contribution >= 0.6 is 7.14 Å². The van der Waals surface area contributed by atoms with E-state index in [4.69, 9.17) is 9.47 Å². The van der Waals surface area contributed by atoms with Gasteiger partial charge in [0.2, 0.25) is 5.95 Å². The van der Waals surface area contributed by atoms with E-state index in [1.54, 1.807) is 31.0 Å². The van der Waals surface area contributed by atoms with Crippen molar-refractivity contribution in [2.75, 3.05) is 31.0 Å². The molecular formula is C25H26N7O3P. The van der Waals surface area contributed by atoms with Gasteiger partial charge < -0.3 is 34.6 Å². The first kappa shape index (κ1) is 22.7. The predicted octanol–water partition coefficient (Wildman–Crippen LogP) is 4.19. The van der Waals surface area contributed by atoms with Crippen molar-refractivity contribution in [2.45, 2.75) is 31.3 Å². The lowest BCUT2D eigenvalue weighted by atomic mass is 10.2. The zero-order valence-electron chi connectivity index (χ0n) is 19.8. The van der Waals surface area contributed by atoms with Gasteiger partial charge in [-0.15, -0.1) is 0 Å². The van der Waals surface area contributed by atoms with E-state index in [9.17, 15) is 9.83 Å². The number of ether oxygens (including phenoxy) is 2. The van der Waals surface area contributed by atoms with Gasteiger partial charge in [-0.25, -0.2) is 0 Å². The van der Waals surface area contributed by atoms with Crippen LogP contribution in [0.25, 0.3) is 11.0 Å². The number of H-pyrrole nitrogens is 1. The molecule has 6 rings (SSSR count). The molecule has 2 aliphatic heterocycles. The molecule has 3 N–H and O–H groups in total. The lowest BCUT2D eigenvalue weighted by Gasteiger charge is -2.22. The van der Waals surface area contributed by atoms with E-state index < -0.39 is 7.14 Å². The fourth-order valence-corrected chi connectivity index (χ4v) is 6.26. The number of fused-ring (bicyclic) bond motifs is 1. The third-order valence-corrected chi connectivity index (χ3v) is 8.88. The van der Waals surface area contributed by atoms with Gasteiger partial charge in [0.15, 0.2) is 7.14 Å². The Bertz CT molecular complexity index is 1450. The van der Waals surface area contributed by atoms with Crippen molar-refractivity contribution >= 4 is 40.9 Å². The summed E-state index contributed by atoms with van der Waals surface area (Å²) in [6.45, 7) is 1.27. The first-order chi connectivity index (χ1) is 17.6. The van der Waals surface area contributed by atoms with Crippen molar-refractivity contribution in [2.24, 2.45) is 0 Å². The predicted molar refractivity (Wildman–Crippen MR) is 138 cm³/mol. The lowest BCUT2D eigenvalue weighted by Crippen LogP contribution is -2.20. The van der Waals surface area contributed by atoms with Crippen molar-refractivity contribution in [1.82, 2.24) is 19.9 Å². The average molecular weight is 504 g/mol. The maximum atomic E-state index is 13.6. The van der Waals surface area contributed by atoms with Crippen LogP contribution in [-0.4, -0.2) is 52.3 Å². The molecule has 0 bridgehead atoms. The maximum absolute atomic E-state index is 13.6. The topological polar surface area (TPSA) is 128 Å². The molecule has 184 valence electrons. The van der Waals surface area contributed by atoms with Crippen molar-refractivity contribution in [3.8, 4) is 11.8 Å². The molecule has 11 heteroatoms. The Morgan fingerprint density at radius 2 is 2.08 bits per heavy atom. The van der Waals surface area contributed by atoms with Crippen LogP contribution in [-0.2, 0) is 9.30 Å². The zero-order valence-corrected chi connectivity index (χ0v) is 20.7. The average Bonchev–Trinajstić information content (AvgIpc) is 3.45. The number of aromatic nitrogens is 3. The Balaban J connectivity index is 1.30. The molecule has 4 heterocycles. The number of rotatable bonds is 7. The minimum Gasteiger partial charge on any atom is -0.495 e. The molecule has 1 aliphatic carbocycles. The number of hydrogen-bond acceptors (Lipinski definition) is 9. The van der Waals surface area contributed by atoms with Crippen molar-refractivity contribution < 1.29 is 14.0 Å². The lowest BCUT2D eigenvalue weighted by molar-refractivity contribution is 0.195. The Kier molecular flexibility index (Phi) is 5.67. The number of methoxy groups -OCH3 is 1. The highest BCUT2D eigenvalue weighted by molar-refractivity contribution is 7.77. The molecule has 1 saturated carbocycles. The third-order valence-electron chi connectivity index (χ3n) is 6.65. The molecule has 0 radical (unpaired) electrons. The zero-order chi connectivity index (χ0) is 24.7. The summed E-state index contributed by atoms with van der Waals surface area (Å²) in [5.74, 6) is 5.03. The highest BCUT2D eigenvalue weighted by Gasteiger charge is 2.30. The van der Waals surface area contributed by atoms with Gasteiger partial charge in [-0.1, -0.05) is 0 Å². The van der Waals surface area contributed by atoms with E-state index in [1.165, 1.54) is 12.8 Å². The second-order valence-electron chi connectivity index (χ2n) is 9.13. The van der Waals surface area contributed by atoms with Crippen LogP contribution in [0, 0.1) is 11.3 Å². The van der Waals surface area contributed by atoms with Crippen LogP contribution in [0.1, 0.15) is 24.8 Å². The molecule has 1 atom stereocenters. The van der Waals surface area contributed by atoms with E-state index in [-0.39, 0.29) is 6.04 Å². The number of nitrogens with one attached hydrogen (secondary N) is 3. The molecule has 36 heavy (non-hydrogen) atoms. The summed E-state index contributed by atoms with van der Waals surface area (Å²) in [5, 5.41) is 17.5.